The van der Waals surface area contributed by atoms with Crippen LogP contribution in [0, 0.1) is 6.92 Å². The number of nitrogens with one attached hydrogen (secondary N) is 1. The molecule has 4 nitrogen and oxygen atoms in total. The van der Waals surface area contributed by atoms with Gasteiger partial charge in [-0.3, -0.25) is 9.69 Å². The lowest BCUT2D eigenvalue weighted by Gasteiger charge is -2.23. The SMILES string of the molecule is Cc1ccccc1CC(C)NC(=O)CN(CCN)CCc1ccccc1.Cl. The van der Waals surface area contributed by atoms with Crippen LogP contribution in [0.5, 0.6) is 0 Å². The van der Waals surface area contributed by atoms with Crippen LogP contribution in [0.25, 0.3) is 0 Å². The minimum atomic E-state index is 0. The summed E-state index contributed by atoms with van der Waals surface area (Å²) >= 11 is 0. The maximum atomic E-state index is 12.4. The number of carbonyl (C=O) groups excluding carboxylic acids is 1. The number of amides is 1. The van der Waals surface area contributed by atoms with Gasteiger partial charge in [-0.05, 0) is 43.4 Å². The molecule has 5 heteroatoms. The molecule has 1 unspecified atom stereocenters. The molecule has 2 rings (SSSR count). The quantitative estimate of drug-likeness (QED) is 0.656. The molecule has 0 radical (unpaired) electrons. The minimum Gasteiger partial charge on any atom is -0.352 e. The standard InChI is InChI=1S/C22H31N3O.ClH/c1-18-8-6-7-11-21(18)16-19(2)24-22(26)17-25(15-13-23)14-12-20-9-4-3-5-10-20;/h3-11,19H,12-17,23H2,1-2H3,(H,24,26);1H. The smallest absolute Gasteiger partial charge is 0.234 e. The Kier molecular flexibility index (Phi) is 10.7. The monoisotopic (exact) mass is 389 g/mol. The van der Waals surface area contributed by atoms with Gasteiger partial charge in [-0.25, -0.2) is 0 Å². The van der Waals surface area contributed by atoms with Crippen molar-refractivity contribution in [2.75, 3.05) is 26.2 Å². The summed E-state index contributed by atoms with van der Waals surface area (Å²) in [7, 11) is 0. The lowest BCUT2D eigenvalue weighted by Crippen LogP contribution is -2.43. The number of nitrogens with zero attached hydrogens (tertiary/aromatic N) is 1. The summed E-state index contributed by atoms with van der Waals surface area (Å²) in [6, 6.07) is 18.8. The number of rotatable bonds is 10. The normalized spacial score (nSPS) is 11.7. The second-order valence-electron chi connectivity index (χ2n) is 6.90. The Bertz CT molecular complexity index is 678. The van der Waals surface area contributed by atoms with Gasteiger partial charge in [0.1, 0.15) is 0 Å². The van der Waals surface area contributed by atoms with Gasteiger partial charge in [0.05, 0.1) is 6.54 Å². The number of aryl methyl sites for hydroxylation is 1. The number of hydrogen-bond acceptors (Lipinski definition) is 3. The maximum absolute atomic E-state index is 12.4. The molecule has 2 aromatic rings. The highest BCUT2D eigenvalue weighted by atomic mass is 35.5. The Hall–Kier alpha value is -1.88. The zero-order chi connectivity index (χ0) is 18.8. The van der Waals surface area contributed by atoms with Crippen LogP contribution in [0.4, 0.5) is 0 Å². The predicted molar refractivity (Wildman–Crippen MR) is 115 cm³/mol. The van der Waals surface area contributed by atoms with E-state index in [4.69, 9.17) is 5.73 Å². The number of carbonyl (C=O) groups is 1. The van der Waals surface area contributed by atoms with Crippen molar-refractivity contribution < 1.29 is 4.79 Å². The maximum Gasteiger partial charge on any atom is 0.234 e. The van der Waals surface area contributed by atoms with Crippen LogP contribution in [-0.4, -0.2) is 43.0 Å². The molecule has 27 heavy (non-hydrogen) atoms. The van der Waals surface area contributed by atoms with Gasteiger partial charge in [0.25, 0.3) is 0 Å². The van der Waals surface area contributed by atoms with E-state index in [0.717, 1.165) is 25.9 Å². The fourth-order valence-corrected chi connectivity index (χ4v) is 3.13. The molecule has 0 aliphatic heterocycles. The van der Waals surface area contributed by atoms with Crippen molar-refractivity contribution in [3.8, 4) is 0 Å². The second kappa shape index (κ2) is 12.5. The summed E-state index contributed by atoms with van der Waals surface area (Å²) in [6.07, 6.45) is 1.77. The van der Waals surface area contributed by atoms with E-state index in [9.17, 15) is 4.79 Å². The van der Waals surface area contributed by atoms with Crippen LogP contribution >= 0.6 is 12.4 Å². The molecule has 1 atom stereocenters. The summed E-state index contributed by atoms with van der Waals surface area (Å²) in [5.41, 5.74) is 9.55. The first-order chi connectivity index (χ1) is 12.6. The summed E-state index contributed by atoms with van der Waals surface area (Å²) < 4.78 is 0. The predicted octanol–water partition coefficient (Wildman–Crippen LogP) is 2.97. The molecular formula is C22H32ClN3O. The van der Waals surface area contributed by atoms with Crippen molar-refractivity contribution in [1.29, 1.82) is 0 Å². The van der Waals surface area contributed by atoms with Crippen molar-refractivity contribution in [2.24, 2.45) is 5.73 Å². The first-order valence-electron chi connectivity index (χ1n) is 9.38. The third kappa shape index (κ3) is 8.57. The van der Waals surface area contributed by atoms with Gasteiger partial charge in [-0.1, -0.05) is 54.6 Å². The molecule has 0 aliphatic carbocycles. The zero-order valence-electron chi connectivity index (χ0n) is 16.4. The van der Waals surface area contributed by atoms with Crippen molar-refractivity contribution in [1.82, 2.24) is 10.2 Å². The molecule has 0 spiro atoms. The average Bonchev–Trinajstić information content (AvgIpc) is 2.62. The molecule has 0 bridgehead atoms. The topological polar surface area (TPSA) is 58.4 Å². The molecule has 0 aliphatic rings. The van der Waals surface area contributed by atoms with E-state index < -0.39 is 0 Å². The molecule has 0 heterocycles. The van der Waals surface area contributed by atoms with Crippen molar-refractivity contribution >= 4 is 18.3 Å². The number of hydrogen-bond donors (Lipinski definition) is 2. The van der Waals surface area contributed by atoms with E-state index in [2.05, 4.69) is 48.3 Å². The van der Waals surface area contributed by atoms with Crippen LogP contribution in [0.2, 0.25) is 0 Å². The molecule has 1 amide bonds. The van der Waals surface area contributed by atoms with Crippen LogP contribution in [0.1, 0.15) is 23.6 Å². The summed E-state index contributed by atoms with van der Waals surface area (Å²) in [4.78, 5) is 14.6. The molecule has 2 aromatic carbocycles. The van der Waals surface area contributed by atoms with Gasteiger partial charge in [0.15, 0.2) is 0 Å². The Morgan fingerprint density at radius 1 is 1.07 bits per heavy atom. The highest BCUT2D eigenvalue weighted by Gasteiger charge is 2.13. The average molecular weight is 390 g/mol. The van der Waals surface area contributed by atoms with Gasteiger partial charge in [0.2, 0.25) is 5.91 Å². The van der Waals surface area contributed by atoms with E-state index in [0.29, 0.717) is 13.1 Å². The van der Waals surface area contributed by atoms with Gasteiger partial charge in [-0.15, -0.1) is 12.4 Å². The lowest BCUT2D eigenvalue weighted by atomic mass is 10.0. The van der Waals surface area contributed by atoms with E-state index in [-0.39, 0.29) is 24.4 Å². The summed E-state index contributed by atoms with van der Waals surface area (Å²) in [6.45, 7) is 6.67. The fraction of sp³-hybridized carbons (Fsp3) is 0.409. The Balaban J connectivity index is 0.00000364. The molecular weight excluding hydrogens is 358 g/mol. The van der Waals surface area contributed by atoms with Crippen molar-refractivity contribution in [3.05, 3.63) is 71.3 Å². The Morgan fingerprint density at radius 2 is 1.74 bits per heavy atom. The van der Waals surface area contributed by atoms with Crippen LogP contribution < -0.4 is 11.1 Å². The molecule has 3 N–H and O–H groups in total. The van der Waals surface area contributed by atoms with Crippen LogP contribution in [-0.2, 0) is 17.6 Å². The zero-order valence-corrected chi connectivity index (χ0v) is 17.2. The van der Waals surface area contributed by atoms with E-state index in [1.165, 1.54) is 16.7 Å². The lowest BCUT2D eigenvalue weighted by molar-refractivity contribution is -0.122. The van der Waals surface area contributed by atoms with Gasteiger partial charge in [-0.2, -0.15) is 0 Å². The molecule has 0 fully saturated rings. The third-order valence-corrected chi connectivity index (χ3v) is 4.57. The third-order valence-electron chi connectivity index (χ3n) is 4.57. The van der Waals surface area contributed by atoms with E-state index in [1.54, 1.807) is 0 Å². The molecule has 0 saturated carbocycles. The van der Waals surface area contributed by atoms with Gasteiger partial charge in [0, 0.05) is 25.7 Å². The van der Waals surface area contributed by atoms with Crippen LogP contribution in [0.15, 0.2) is 54.6 Å². The highest BCUT2D eigenvalue weighted by Crippen LogP contribution is 2.09. The first kappa shape index (κ1) is 23.2. The minimum absolute atomic E-state index is 0. The number of nitrogens with two attached hydrogens (primary N) is 1. The second-order valence-corrected chi connectivity index (χ2v) is 6.90. The Morgan fingerprint density at radius 3 is 2.41 bits per heavy atom. The number of halogens is 1. The van der Waals surface area contributed by atoms with E-state index >= 15 is 0 Å². The fourth-order valence-electron chi connectivity index (χ4n) is 3.13. The Labute approximate surface area is 169 Å². The highest BCUT2D eigenvalue weighted by molar-refractivity contribution is 5.85. The molecule has 148 valence electrons. The van der Waals surface area contributed by atoms with Gasteiger partial charge < -0.3 is 11.1 Å². The largest absolute Gasteiger partial charge is 0.352 e. The summed E-state index contributed by atoms with van der Waals surface area (Å²) in [5, 5.41) is 3.12. The van der Waals surface area contributed by atoms with Crippen molar-refractivity contribution in [2.45, 2.75) is 32.7 Å². The van der Waals surface area contributed by atoms with Crippen LogP contribution in [0.3, 0.4) is 0 Å². The molecule has 0 saturated heterocycles. The van der Waals surface area contributed by atoms with E-state index in [1.807, 2.05) is 30.3 Å². The summed E-state index contributed by atoms with van der Waals surface area (Å²) in [5.74, 6) is 0.0626. The molecule has 0 aromatic heterocycles. The number of benzene rings is 2. The first-order valence-corrected chi connectivity index (χ1v) is 9.38. The van der Waals surface area contributed by atoms with Gasteiger partial charge >= 0.3 is 0 Å². The van der Waals surface area contributed by atoms with Crippen molar-refractivity contribution in [3.63, 3.8) is 0 Å².